The minimum atomic E-state index is -0.186. The first kappa shape index (κ1) is 23.7. The molecule has 4 rings (SSSR count). The summed E-state index contributed by atoms with van der Waals surface area (Å²) in [5, 5.41) is 23.9. The molecule has 0 aliphatic rings. The lowest BCUT2D eigenvalue weighted by Gasteiger charge is -2.19. The molecule has 6 nitrogen and oxygen atoms in total. The number of thiophene rings is 1. The molecule has 0 atom stereocenters. The zero-order valence-corrected chi connectivity index (χ0v) is 20.9. The van der Waals surface area contributed by atoms with E-state index in [1.807, 2.05) is 22.8 Å². The third-order valence-electron chi connectivity index (χ3n) is 5.28. The molecule has 8 heteroatoms. The van der Waals surface area contributed by atoms with Gasteiger partial charge in [0.05, 0.1) is 17.9 Å². The van der Waals surface area contributed by atoms with Gasteiger partial charge in [-0.05, 0) is 28.0 Å². The molecule has 0 fully saturated rings. The third-order valence-corrected chi connectivity index (χ3v) is 7.08. The molecule has 0 unspecified atom stereocenters. The lowest BCUT2D eigenvalue weighted by molar-refractivity contribution is -0.113. The highest BCUT2D eigenvalue weighted by Gasteiger charge is 2.18. The van der Waals surface area contributed by atoms with Gasteiger partial charge in [0.15, 0.2) is 11.0 Å². The normalized spacial score (nSPS) is 11.2. The van der Waals surface area contributed by atoms with Crippen molar-refractivity contribution in [1.29, 1.82) is 5.26 Å². The van der Waals surface area contributed by atoms with Gasteiger partial charge >= 0.3 is 0 Å². The Kier molecular flexibility index (Phi) is 7.15. The second kappa shape index (κ2) is 10.2. The maximum Gasteiger partial charge on any atom is 0.235 e. The van der Waals surface area contributed by atoms with Gasteiger partial charge in [-0.15, -0.1) is 21.5 Å². The number of hydrogen-bond donors (Lipinski definition) is 1. The number of carbonyl (C=O) groups is 1. The fourth-order valence-corrected chi connectivity index (χ4v) is 4.92. The Hall–Kier alpha value is -3.41. The number of nitrogens with zero attached hydrogens (tertiary/aromatic N) is 4. The van der Waals surface area contributed by atoms with Gasteiger partial charge in [0.1, 0.15) is 11.1 Å². The Morgan fingerprint density at radius 2 is 1.82 bits per heavy atom. The molecule has 2 aromatic heterocycles. The number of rotatable bonds is 7. The Labute approximate surface area is 207 Å². The lowest BCUT2D eigenvalue weighted by atomic mass is 9.87. The average Bonchev–Trinajstić information content (AvgIpc) is 3.44. The molecule has 2 heterocycles. The summed E-state index contributed by atoms with van der Waals surface area (Å²) in [6.07, 6.45) is 0. The Balaban J connectivity index is 1.58. The van der Waals surface area contributed by atoms with Crippen LogP contribution in [0.25, 0.3) is 11.4 Å². The summed E-state index contributed by atoms with van der Waals surface area (Å²) >= 11 is 2.67. The molecule has 0 saturated carbocycles. The summed E-state index contributed by atoms with van der Waals surface area (Å²) in [5.74, 6) is 0.741. The summed E-state index contributed by atoms with van der Waals surface area (Å²) in [6, 6.07) is 22.3. The van der Waals surface area contributed by atoms with E-state index in [0.29, 0.717) is 22.3 Å². The molecule has 1 amide bonds. The maximum absolute atomic E-state index is 12.5. The Bertz CT molecular complexity index is 1310. The topological polar surface area (TPSA) is 83.6 Å². The van der Waals surface area contributed by atoms with E-state index in [2.05, 4.69) is 78.8 Å². The van der Waals surface area contributed by atoms with E-state index in [0.717, 1.165) is 17.0 Å². The minimum Gasteiger partial charge on any atom is -0.316 e. The first-order chi connectivity index (χ1) is 16.3. The highest BCUT2D eigenvalue weighted by Crippen LogP contribution is 2.29. The SMILES string of the molecule is CC(C)(C)c1ccc(-c2nnc(SCC(=O)Nc3sccc3C#N)n2Cc2ccccc2)cc1. The standard InChI is InChI=1S/C26H25N5OS2/c1-26(2,3)21-11-9-19(10-12-21)23-29-30-25(31(23)16-18-7-5-4-6-8-18)34-17-22(32)28-24-20(15-27)13-14-33-24/h4-14H,16-17H2,1-3H3,(H,28,32). The Morgan fingerprint density at radius 3 is 2.50 bits per heavy atom. The van der Waals surface area contributed by atoms with Crippen LogP contribution in [-0.4, -0.2) is 26.4 Å². The molecule has 0 spiro atoms. The monoisotopic (exact) mass is 487 g/mol. The summed E-state index contributed by atoms with van der Waals surface area (Å²) in [5.41, 5.74) is 3.89. The van der Waals surface area contributed by atoms with E-state index >= 15 is 0 Å². The molecule has 0 aliphatic carbocycles. The summed E-state index contributed by atoms with van der Waals surface area (Å²) in [7, 11) is 0. The number of anilines is 1. The third kappa shape index (κ3) is 5.56. The van der Waals surface area contributed by atoms with Gasteiger partial charge < -0.3 is 5.32 Å². The van der Waals surface area contributed by atoms with Gasteiger partial charge in [-0.3, -0.25) is 9.36 Å². The van der Waals surface area contributed by atoms with Crippen LogP contribution in [0.5, 0.6) is 0 Å². The van der Waals surface area contributed by atoms with Gasteiger partial charge in [0.25, 0.3) is 0 Å². The van der Waals surface area contributed by atoms with Crippen LogP contribution in [0.15, 0.2) is 71.2 Å². The van der Waals surface area contributed by atoms with Crippen molar-refractivity contribution in [2.24, 2.45) is 0 Å². The van der Waals surface area contributed by atoms with E-state index in [1.165, 1.54) is 28.7 Å². The number of carbonyl (C=O) groups excluding carboxylic acids is 1. The summed E-state index contributed by atoms with van der Waals surface area (Å²) in [4.78, 5) is 12.5. The van der Waals surface area contributed by atoms with Crippen molar-refractivity contribution >= 4 is 34.0 Å². The predicted octanol–water partition coefficient (Wildman–Crippen LogP) is 5.95. The van der Waals surface area contributed by atoms with E-state index < -0.39 is 0 Å². The van der Waals surface area contributed by atoms with Crippen LogP contribution < -0.4 is 5.32 Å². The molecule has 172 valence electrons. The van der Waals surface area contributed by atoms with Crippen molar-refractivity contribution in [2.75, 3.05) is 11.1 Å². The van der Waals surface area contributed by atoms with Gasteiger partial charge in [0.2, 0.25) is 5.91 Å². The molecular weight excluding hydrogens is 462 g/mol. The molecule has 4 aromatic rings. The highest BCUT2D eigenvalue weighted by atomic mass is 32.2. The average molecular weight is 488 g/mol. The van der Waals surface area contributed by atoms with Crippen LogP contribution in [0.1, 0.15) is 37.5 Å². The van der Waals surface area contributed by atoms with Crippen molar-refractivity contribution in [3.05, 3.63) is 82.7 Å². The number of nitriles is 1. The Morgan fingerprint density at radius 1 is 1.09 bits per heavy atom. The van der Waals surface area contributed by atoms with Crippen LogP contribution in [0.4, 0.5) is 5.00 Å². The van der Waals surface area contributed by atoms with Crippen molar-refractivity contribution in [1.82, 2.24) is 14.8 Å². The fourth-order valence-electron chi connectivity index (χ4n) is 3.42. The molecule has 0 saturated heterocycles. The number of benzene rings is 2. The van der Waals surface area contributed by atoms with E-state index in [-0.39, 0.29) is 17.1 Å². The van der Waals surface area contributed by atoms with E-state index in [9.17, 15) is 4.79 Å². The van der Waals surface area contributed by atoms with Crippen LogP contribution >= 0.6 is 23.1 Å². The number of amides is 1. The van der Waals surface area contributed by atoms with Crippen molar-refractivity contribution in [3.63, 3.8) is 0 Å². The second-order valence-corrected chi connectivity index (χ2v) is 10.7. The van der Waals surface area contributed by atoms with E-state index in [1.54, 1.807) is 11.4 Å². The predicted molar refractivity (Wildman–Crippen MR) is 138 cm³/mol. The molecule has 0 bridgehead atoms. The molecule has 1 N–H and O–H groups in total. The van der Waals surface area contributed by atoms with Gasteiger partial charge in [-0.1, -0.05) is 87.1 Å². The molecule has 0 aliphatic heterocycles. The zero-order chi connectivity index (χ0) is 24.1. The fraction of sp³-hybridized carbons (Fsp3) is 0.231. The first-order valence-corrected chi connectivity index (χ1v) is 12.7. The first-order valence-electron chi connectivity index (χ1n) is 10.8. The van der Waals surface area contributed by atoms with Crippen molar-refractivity contribution < 1.29 is 4.79 Å². The molecular formula is C26H25N5OS2. The van der Waals surface area contributed by atoms with Crippen LogP contribution in [0.3, 0.4) is 0 Å². The summed E-state index contributed by atoms with van der Waals surface area (Å²) < 4.78 is 2.05. The number of hydrogen-bond acceptors (Lipinski definition) is 6. The second-order valence-electron chi connectivity index (χ2n) is 8.82. The van der Waals surface area contributed by atoms with E-state index in [4.69, 9.17) is 5.26 Å². The molecule has 2 aromatic carbocycles. The van der Waals surface area contributed by atoms with Crippen molar-refractivity contribution in [2.45, 2.75) is 37.9 Å². The lowest BCUT2D eigenvalue weighted by Crippen LogP contribution is -2.14. The molecule has 0 radical (unpaired) electrons. The van der Waals surface area contributed by atoms with Crippen LogP contribution in [0.2, 0.25) is 0 Å². The van der Waals surface area contributed by atoms with Crippen LogP contribution in [0, 0.1) is 11.3 Å². The highest BCUT2D eigenvalue weighted by molar-refractivity contribution is 7.99. The van der Waals surface area contributed by atoms with Gasteiger partial charge in [0, 0.05) is 5.56 Å². The van der Waals surface area contributed by atoms with Crippen LogP contribution in [-0.2, 0) is 16.8 Å². The quantitative estimate of drug-likeness (QED) is 0.325. The number of aromatic nitrogens is 3. The minimum absolute atomic E-state index is 0.0680. The van der Waals surface area contributed by atoms with Crippen molar-refractivity contribution in [3.8, 4) is 17.5 Å². The number of nitrogens with one attached hydrogen (secondary N) is 1. The smallest absolute Gasteiger partial charge is 0.235 e. The maximum atomic E-state index is 12.5. The summed E-state index contributed by atoms with van der Waals surface area (Å²) in [6.45, 7) is 7.16. The van der Waals surface area contributed by atoms with Gasteiger partial charge in [-0.25, -0.2) is 0 Å². The zero-order valence-electron chi connectivity index (χ0n) is 19.3. The largest absolute Gasteiger partial charge is 0.316 e. The molecule has 34 heavy (non-hydrogen) atoms. The number of thioether (sulfide) groups is 1. The van der Waals surface area contributed by atoms with Gasteiger partial charge in [-0.2, -0.15) is 5.26 Å².